The summed E-state index contributed by atoms with van der Waals surface area (Å²) in [6.45, 7) is 6.60. The van der Waals surface area contributed by atoms with Crippen molar-refractivity contribution in [2.75, 3.05) is 19.6 Å². The van der Waals surface area contributed by atoms with E-state index in [0.717, 1.165) is 19.5 Å². The van der Waals surface area contributed by atoms with E-state index < -0.39 is 0 Å². The third kappa shape index (κ3) is 2.97. The van der Waals surface area contributed by atoms with Gasteiger partial charge in [0.05, 0.1) is 6.54 Å². The van der Waals surface area contributed by atoms with Crippen LogP contribution in [0.15, 0.2) is 0 Å². The van der Waals surface area contributed by atoms with Gasteiger partial charge in [0.1, 0.15) is 0 Å². The monoisotopic (exact) mass is 185 g/mol. The Kier molecular flexibility index (Phi) is 3.69. The molecule has 76 valence electrons. The minimum absolute atomic E-state index is 0.236. The number of carbonyl (C=O) groups excluding carboxylic acids is 1. The van der Waals surface area contributed by atoms with Gasteiger partial charge in [-0.25, -0.2) is 0 Å². The van der Waals surface area contributed by atoms with Crippen molar-refractivity contribution >= 4 is 5.91 Å². The van der Waals surface area contributed by atoms with Crippen LogP contribution in [0, 0.1) is 0 Å². The lowest BCUT2D eigenvalue weighted by Gasteiger charge is -2.30. The summed E-state index contributed by atoms with van der Waals surface area (Å²) < 4.78 is 0. The van der Waals surface area contributed by atoms with Gasteiger partial charge in [-0.1, -0.05) is 0 Å². The van der Waals surface area contributed by atoms with E-state index in [9.17, 15) is 4.79 Å². The first-order valence-electron chi connectivity index (χ1n) is 4.86. The summed E-state index contributed by atoms with van der Waals surface area (Å²) in [5.74, 6) is -0.236. The van der Waals surface area contributed by atoms with Crippen molar-refractivity contribution in [2.24, 2.45) is 5.73 Å². The zero-order valence-electron chi connectivity index (χ0n) is 8.42. The molecule has 0 spiro atoms. The normalized spacial score (nSPS) is 22.9. The van der Waals surface area contributed by atoms with E-state index in [1.807, 2.05) is 0 Å². The number of nitrogens with one attached hydrogen (secondary N) is 1. The molecule has 0 aromatic carbocycles. The van der Waals surface area contributed by atoms with Crippen molar-refractivity contribution < 1.29 is 4.79 Å². The zero-order valence-corrected chi connectivity index (χ0v) is 8.42. The Balaban J connectivity index is 2.50. The number of carbonyl (C=O) groups is 1. The Bertz CT molecular complexity index is 176. The lowest BCUT2D eigenvalue weighted by Crippen LogP contribution is -2.46. The van der Waals surface area contributed by atoms with Crippen molar-refractivity contribution in [3.05, 3.63) is 0 Å². The Hall–Kier alpha value is -0.610. The van der Waals surface area contributed by atoms with Crippen molar-refractivity contribution in [1.29, 1.82) is 0 Å². The van der Waals surface area contributed by atoms with E-state index in [-0.39, 0.29) is 5.91 Å². The molecular weight excluding hydrogens is 166 g/mol. The summed E-state index contributed by atoms with van der Waals surface area (Å²) in [5, 5.41) is 3.29. The first kappa shape index (κ1) is 10.5. The molecule has 1 aliphatic heterocycles. The van der Waals surface area contributed by atoms with E-state index in [2.05, 4.69) is 24.1 Å². The Morgan fingerprint density at radius 3 is 2.77 bits per heavy atom. The second kappa shape index (κ2) is 4.58. The van der Waals surface area contributed by atoms with E-state index >= 15 is 0 Å². The number of primary amides is 1. The highest BCUT2D eigenvalue weighted by Gasteiger charge is 2.25. The SMILES string of the molecule is CC(C)N(CC(N)=O)C1CCNC1. The Labute approximate surface area is 79.5 Å². The minimum Gasteiger partial charge on any atom is -0.369 e. The third-order valence-corrected chi connectivity index (χ3v) is 2.51. The van der Waals surface area contributed by atoms with E-state index in [0.29, 0.717) is 18.6 Å². The van der Waals surface area contributed by atoms with Crippen LogP contribution in [0.1, 0.15) is 20.3 Å². The molecule has 1 amide bonds. The predicted molar refractivity (Wildman–Crippen MR) is 52.3 cm³/mol. The molecule has 1 aliphatic rings. The van der Waals surface area contributed by atoms with Crippen LogP contribution in [0.5, 0.6) is 0 Å². The molecule has 0 bridgehead atoms. The minimum atomic E-state index is -0.236. The summed E-state index contributed by atoms with van der Waals surface area (Å²) in [6.07, 6.45) is 1.12. The summed E-state index contributed by atoms with van der Waals surface area (Å²) in [5.41, 5.74) is 5.20. The maximum absolute atomic E-state index is 10.8. The molecule has 0 aromatic heterocycles. The largest absolute Gasteiger partial charge is 0.369 e. The van der Waals surface area contributed by atoms with Crippen LogP contribution in [-0.4, -0.2) is 42.5 Å². The van der Waals surface area contributed by atoms with Gasteiger partial charge in [0.2, 0.25) is 5.91 Å². The van der Waals surface area contributed by atoms with Crippen LogP contribution in [0.4, 0.5) is 0 Å². The maximum Gasteiger partial charge on any atom is 0.231 e. The molecule has 4 heteroatoms. The molecule has 0 radical (unpaired) electrons. The number of hydrogen-bond acceptors (Lipinski definition) is 3. The number of amides is 1. The fourth-order valence-electron chi connectivity index (χ4n) is 1.84. The van der Waals surface area contributed by atoms with Crippen LogP contribution in [0.3, 0.4) is 0 Å². The summed E-state index contributed by atoms with van der Waals surface area (Å²) >= 11 is 0. The fourth-order valence-corrected chi connectivity index (χ4v) is 1.84. The topological polar surface area (TPSA) is 58.4 Å². The van der Waals surface area contributed by atoms with Gasteiger partial charge in [-0.15, -0.1) is 0 Å². The average molecular weight is 185 g/mol. The number of nitrogens with zero attached hydrogens (tertiary/aromatic N) is 1. The number of rotatable bonds is 4. The third-order valence-electron chi connectivity index (χ3n) is 2.51. The molecule has 1 unspecified atom stereocenters. The van der Waals surface area contributed by atoms with Gasteiger partial charge in [0.15, 0.2) is 0 Å². The van der Waals surface area contributed by atoms with Gasteiger partial charge in [-0.2, -0.15) is 0 Å². The second-order valence-electron chi connectivity index (χ2n) is 3.88. The zero-order chi connectivity index (χ0) is 9.84. The van der Waals surface area contributed by atoms with Crippen molar-refractivity contribution in [3.63, 3.8) is 0 Å². The van der Waals surface area contributed by atoms with Crippen LogP contribution in [-0.2, 0) is 4.79 Å². The summed E-state index contributed by atoms with van der Waals surface area (Å²) in [7, 11) is 0. The van der Waals surface area contributed by atoms with Gasteiger partial charge >= 0.3 is 0 Å². The molecule has 0 saturated carbocycles. The predicted octanol–water partition coefficient (Wildman–Crippen LogP) is -0.456. The standard InChI is InChI=1S/C9H19N3O/c1-7(2)12(6-9(10)13)8-3-4-11-5-8/h7-8,11H,3-6H2,1-2H3,(H2,10,13). The molecular formula is C9H19N3O. The molecule has 3 N–H and O–H groups in total. The van der Waals surface area contributed by atoms with Gasteiger partial charge in [-0.3, -0.25) is 9.69 Å². The Morgan fingerprint density at radius 1 is 1.69 bits per heavy atom. The summed E-state index contributed by atoms with van der Waals surface area (Å²) in [6, 6.07) is 0.866. The molecule has 4 nitrogen and oxygen atoms in total. The van der Waals surface area contributed by atoms with Crippen molar-refractivity contribution in [1.82, 2.24) is 10.2 Å². The quantitative estimate of drug-likeness (QED) is 0.623. The fraction of sp³-hybridized carbons (Fsp3) is 0.889. The summed E-state index contributed by atoms with van der Waals surface area (Å²) in [4.78, 5) is 13.0. The van der Waals surface area contributed by atoms with Crippen LogP contribution >= 0.6 is 0 Å². The molecule has 0 aliphatic carbocycles. The number of hydrogen-bond donors (Lipinski definition) is 2. The first-order chi connectivity index (χ1) is 6.11. The highest BCUT2D eigenvalue weighted by Crippen LogP contribution is 2.11. The van der Waals surface area contributed by atoms with Gasteiger partial charge in [0, 0.05) is 18.6 Å². The molecule has 13 heavy (non-hydrogen) atoms. The number of nitrogens with two attached hydrogens (primary N) is 1. The second-order valence-corrected chi connectivity index (χ2v) is 3.88. The molecule has 1 heterocycles. The van der Waals surface area contributed by atoms with Gasteiger partial charge in [-0.05, 0) is 26.8 Å². The lowest BCUT2D eigenvalue weighted by atomic mass is 10.1. The first-order valence-corrected chi connectivity index (χ1v) is 4.86. The van der Waals surface area contributed by atoms with Crippen molar-refractivity contribution in [3.8, 4) is 0 Å². The lowest BCUT2D eigenvalue weighted by molar-refractivity contribution is -0.120. The molecule has 1 saturated heterocycles. The van der Waals surface area contributed by atoms with Crippen LogP contribution in [0.25, 0.3) is 0 Å². The Morgan fingerprint density at radius 2 is 2.38 bits per heavy atom. The molecule has 0 aromatic rings. The van der Waals surface area contributed by atoms with Crippen LogP contribution in [0.2, 0.25) is 0 Å². The van der Waals surface area contributed by atoms with E-state index in [1.54, 1.807) is 0 Å². The highest BCUT2D eigenvalue weighted by atomic mass is 16.1. The van der Waals surface area contributed by atoms with Gasteiger partial charge in [0.25, 0.3) is 0 Å². The van der Waals surface area contributed by atoms with Crippen LogP contribution < -0.4 is 11.1 Å². The van der Waals surface area contributed by atoms with E-state index in [1.165, 1.54) is 0 Å². The highest BCUT2D eigenvalue weighted by molar-refractivity contribution is 5.76. The molecule has 1 rings (SSSR count). The smallest absolute Gasteiger partial charge is 0.231 e. The van der Waals surface area contributed by atoms with Gasteiger partial charge < -0.3 is 11.1 Å². The molecule has 1 fully saturated rings. The molecule has 1 atom stereocenters. The van der Waals surface area contributed by atoms with Crippen molar-refractivity contribution in [2.45, 2.75) is 32.4 Å². The maximum atomic E-state index is 10.8. The van der Waals surface area contributed by atoms with E-state index in [4.69, 9.17) is 5.73 Å². The average Bonchev–Trinajstić information content (AvgIpc) is 2.50.